The normalized spacial score (nSPS) is 12.1. The summed E-state index contributed by atoms with van der Waals surface area (Å²) in [5.41, 5.74) is -0.747. The van der Waals surface area contributed by atoms with E-state index in [0.29, 0.717) is 0 Å². The molecule has 0 aliphatic rings. The van der Waals surface area contributed by atoms with Crippen LogP contribution in [-0.2, 0) is 12.8 Å². The van der Waals surface area contributed by atoms with Crippen molar-refractivity contribution in [2.24, 2.45) is 7.05 Å². The molecule has 0 aliphatic heterocycles. The van der Waals surface area contributed by atoms with E-state index in [1.54, 1.807) is 0 Å². The minimum absolute atomic E-state index is 0.110. The molecule has 2 aromatic heterocycles. The first-order chi connectivity index (χ1) is 10.3. The van der Waals surface area contributed by atoms with E-state index in [9.17, 15) is 22.0 Å². The average Bonchev–Trinajstić information content (AvgIpc) is 3.01. The summed E-state index contributed by atoms with van der Waals surface area (Å²) >= 11 is 0.947. The Morgan fingerprint density at radius 3 is 2.68 bits per heavy atom. The first-order valence-corrected chi connectivity index (χ1v) is 6.82. The van der Waals surface area contributed by atoms with Gasteiger partial charge in [0.1, 0.15) is 12.0 Å². The molecule has 0 fully saturated rings. The van der Waals surface area contributed by atoms with E-state index in [0.717, 1.165) is 16.4 Å². The Bertz CT molecular complexity index is 612. The standard InChI is InChI=1S/C11H10F5N3O2S/c1-19-9(21-5-11(14,15)16)6(7(18-19)8(12)13)4-22-10-17-2-3-20-10/h2-3,8H,4-5H2,1H3. The van der Waals surface area contributed by atoms with Crippen molar-refractivity contribution >= 4 is 11.8 Å². The van der Waals surface area contributed by atoms with E-state index in [4.69, 9.17) is 4.42 Å². The summed E-state index contributed by atoms with van der Waals surface area (Å²) in [5, 5.41) is 3.72. The summed E-state index contributed by atoms with van der Waals surface area (Å²) < 4.78 is 73.1. The summed E-state index contributed by atoms with van der Waals surface area (Å²) in [6.07, 6.45) is -4.86. The third-order valence-corrected chi connectivity index (χ3v) is 3.33. The third kappa shape index (κ3) is 4.12. The summed E-state index contributed by atoms with van der Waals surface area (Å²) in [4.78, 5) is 3.79. The predicted octanol–water partition coefficient (Wildman–Crippen LogP) is 3.58. The Hall–Kier alpha value is -1.78. The molecule has 0 saturated carbocycles. The maximum atomic E-state index is 13.0. The van der Waals surface area contributed by atoms with Crippen LogP contribution in [0.3, 0.4) is 0 Å². The van der Waals surface area contributed by atoms with Crippen molar-refractivity contribution in [1.82, 2.24) is 14.8 Å². The van der Waals surface area contributed by atoms with Gasteiger partial charge in [0.05, 0.1) is 11.8 Å². The Morgan fingerprint density at radius 1 is 1.41 bits per heavy atom. The van der Waals surface area contributed by atoms with Crippen molar-refractivity contribution in [2.45, 2.75) is 23.6 Å². The minimum Gasteiger partial charge on any atom is -0.468 e. The van der Waals surface area contributed by atoms with Gasteiger partial charge in [0.15, 0.2) is 6.61 Å². The maximum Gasteiger partial charge on any atom is 0.422 e. The van der Waals surface area contributed by atoms with Crippen LogP contribution in [0.4, 0.5) is 22.0 Å². The zero-order valence-electron chi connectivity index (χ0n) is 11.1. The molecule has 0 aliphatic carbocycles. The van der Waals surface area contributed by atoms with Gasteiger partial charge in [-0.15, -0.1) is 0 Å². The topological polar surface area (TPSA) is 53.1 Å². The number of oxazole rings is 1. The second-order valence-corrected chi connectivity index (χ2v) is 5.01. The summed E-state index contributed by atoms with van der Waals surface area (Å²) in [6, 6.07) is 0. The van der Waals surface area contributed by atoms with Gasteiger partial charge in [-0.05, 0) is 0 Å². The number of aryl methyl sites for hydroxylation is 1. The lowest BCUT2D eigenvalue weighted by Gasteiger charge is -2.11. The minimum atomic E-state index is -4.58. The van der Waals surface area contributed by atoms with Crippen molar-refractivity contribution in [2.75, 3.05) is 6.61 Å². The van der Waals surface area contributed by atoms with Crippen LogP contribution < -0.4 is 4.74 Å². The molecular weight excluding hydrogens is 333 g/mol. The molecule has 0 bridgehead atoms. The van der Waals surface area contributed by atoms with Gasteiger partial charge in [0.2, 0.25) is 5.88 Å². The number of aromatic nitrogens is 3. The van der Waals surface area contributed by atoms with E-state index in [-0.39, 0.29) is 22.4 Å². The number of hydrogen-bond acceptors (Lipinski definition) is 5. The third-order valence-electron chi connectivity index (χ3n) is 2.45. The molecular formula is C11H10F5N3O2S. The van der Waals surface area contributed by atoms with Gasteiger partial charge in [-0.2, -0.15) is 18.3 Å². The largest absolute Gasteiger partial charge is 0.468 e. The number of ether oxygens (including phenoxy) is 1. The molecule has 0 saturated heterocycles. The summed E-state index contributed by atoms with van der Waals surface area (Å²) in [7, 11) is 1.23. The maximum absolute atomic E-state index is 13.0. The fraction of sp³-hybridized carbons (Fsp3) is 0.455. The monoisotopic (exact) mass is 343 g/mol. The zero-order chi connectivity index (χ0) is 16.3. The van der Waals surface area contributed by atoms with Gasteiger partial charge >= 0.3 is 6.18 Å². The Morgan fingerprint density at radius 2 is 2.14 bits per heavy atom. The number of rotatable bonds is 6. The van der Waals surface area contributed by atoms with Crippen LogP contribution >= 0.6 is 11.8 Å². The lowest BCUT2D eigenvalue weighted by atomic mass is 10.3. The molecule has 0 N–H and O–H groups in total. The van der Waals surface area contributed by atoms with Crippen molar-refractivity contribution in [3.63, 3.8) is 0 Å². The molecule has 0 amide bonds. The fourth-order valence-electron chi connectivity index (χ4n) is 1.63. The van der Waals surface area contributed by atoms with Crippen molar-refractivity contribution in [1.29, 1.82) is 0 Å². The van der Waals surface area contributed by atoms with Gasteiger partial charge in [0, 0.05) is 12.8 Å². The van der Waals surface area contributed by atoms with Gasteiger partial charge in [0.25, 0.3) is 11.6 Å². The van der Waals surface area contributed by atoms with Crippen molar-refractivity contribution in [3.05, 3.63) is 23.7 Å². The van der Waals surface area contributed by atoms with Crippen LogP contribution in [0.5, 0.6) is 5.88 Å². The zero-order valence-corrected chi connectivity index (χ0v) is 11.9. The highest BCUT2D eigenvalue weighted by atomic mass is 32.2. The Kier molecular flexibility index (Phi) is 4.94. The molecule has 11 heteroatoms. The number of thioether (sulfide) groups is 1. The highest BCUT2D eigenvalue weighted by molar-refractivity contribution is 7.98. The number of halogens is 5. The van der Waals surface area contributed by atoms with Crippen molar-refractivity contribution < 1.29 is 31.1 Å². The Labute approximate surface area is 125 Å². The first kappa shape index (κ1) is 16.6. The number of nitrogens with zero attached hydrogens (tertiary/aromatic N) is 3. The van der Waals surface area contributed by atoms with E-state index < -0.39 is 24.9 Å². The number of hydrogen-bond donors (Lipinski definition) is 0. The highest BCUT2D eigenvalue weighted by Gasteiger charge is 2.31. The van der Waals surface area contributed by atoms with Crippen LogP contribution in [0.2, 0.25) is 0 Å². The average molecular weight is 343 g/mol. The van der Waals surface area contributed by atoms with E-state index in [2.05, 4.69) is 14.8 Å². The molecule has 0 aromatic carbocycles. The van der Waals surface area contributed by atoms with E-state index in [1.807, 2.05) is 0 Å². The lowest BCUT2D eigenvalue weighted by Crippen LogP contribution is -2.20. The quantitative estimate of drug-likeness (QED) is 0.593. The Balaban J connectivity index is 2.22. The molecule has 2 heterocycles. The SMILES string of the molecule is Cn1nc(C(F)F)c(CSc2ncco2)c1OCC(F)(F)F. The fourth-order valence-corrected chi connectivity index (χ4v) is 2.43. The predicted molar refractivity (Wildman–Crippen MR) is 65.8 cm³/mol. The van der Waals surface area contributed by atoms with Crippen LogP contribution in [0.1, 0.15) is 17.7 Å². The number of alkyl halides is 5. The van der Waals surface area contributed by atoms with Crippen LogP contribution in [0, 0.1) is 0 Å². The molecule has 0 unspecified atom stereocenters. The first-order valence-electron chi connectivity index (χ1n) is 5.83. The summed E-state index contributed by atoms with van der Waals surface area (Å²) in [6.45, 7) is -1.59. The van der Waals surface area contributed by atoms with Gasteiger partial charge < -0.3 is 9.15 Å². The van der Waals surface area contributed by atoms with Crippen LogP contribution in [0.15, 0.2) is 22.1 Å². The smallest absolute Gasteiger partial charge is 0.422 e. The summed E-state index contributed by atoms with van der Waals surface area (Å²) in [5.74, 6) is -0.465. The van der Waals surface area contributed by atoms with E-state index >= 15 is 0 Å². The van der Waals surface area contributed by atoms with E-state index in [1.165, 1.54) is 19.5 Å². The molecule has 0 spiro atoms. The highest BCUT2D eigenvalue weighted by Crippen LogP contribution is 2.34. The molecule has 0 atom stereocenters. The van der Waals surface area contributed by atoms with Crippen LogP contribution in [0.25, 0.3) is 0 Å². The molecule has 122 valence electrons. The molecule has 2 aromatic rings. The van der Waals surface area contributed by atoms with Crippen molar-refractivity contribution in [3.8, 4) is 5.88 Å². The lowest BCUT2D eigenvalue weighted by molar-refractivity contribution is -0.154. The molecule has 5 nitrogen and oxygen atoms in total. The van der Waals surface area contributed by atoms with Gasteiger partial charge in [-0.1, -0.05) is 11.8 Å². The van der Waals surface area contributed by atoms with Crippen LogP contribution in [-0.4, -0.2) is 27.5 Å². The molecule has 22 heavy (non-hydrogen) atoms. The second-order valence-electron chi connectivity index (χ2n) is 4.08. The molecule has 2 rings (SSSR count). The van der Waals surface area contributed by atoms with Gasteiger partial charge in [-0.3, -0.25) is 0 Å². The second kappa shape index (κ2) is 6.55. The van der Waals surface area contributed by atoms with Gasteiger partial charge in [-0.25, -0.2) is 18.4 Å². The molecule has 0 radical (unpaired) electrons.